The third-order valence-corrected chi connectivity index (χ3v) is 5.62. The molecule has 0 saturated carbocycles. The van der Waals surface area contributed by atoms with Crippen molar-refractivity contribution in [2.24, 2.45) is 0 Å². The number of nitrogens with one attached hydrogen (secondary N) is 1. The van der Waals surface area contributed by atoms with Crippen LogP contribution in [0, 0.1) is 6.92 Å². The van der Waals surface area contributed by atoms with Gasteiger partial charge in [0, 0.05) is 27.5 Å². The number of ether oxygens (including phenoxy) is 1. The largest absolute Gasteiger partial charge is 0.464 e. The molecule has 28 heavy (non-hydrogen) atoms. The van der Waals surface area contributed by atoms with Gasteiger partial charge in [0.05, 0.1) is 12.0 Å². The van der Waals surface area contributed by atoms with Gasteiger partial charge in [0.15, 0.2) is 5.13 Å². The van der Waals surface area contributed by atoms with Crippen LogP contribution in [0.5, 0.6) is 5.75 Å². The van der Waals surface area contributed by atoms with Crippen molar-refractivity contribution in [3.05, 3.63) is 93.2 Å². The van der Waals surface area contributed by atoms with Crippen LogP contribution in [0.15, 0.2) is 66.4 Å². The number of carbonyl (C=O) groups excluding carboxylic acids is 1. The highest BCUT2D eigenvalue weighted by Gasteiger charge is 2.15. The van der Waals surface area contributed by atoms with E-state index in [1.807, 2.05) is 25.1 Å². The Hall–Kier alpha value is -2.89. The first-order valence-electron chi connectivity index (χ1n) is 8.74. The first kappa shape index (κ1) is 18.5. The molecule has 2 aromatic carbocycles. The second-order valence-electron chi connectivity index (χ2n) is 6.35. The second-order valence-corrected chi connectivity index (χ2v) is 7.87. The molecule has 4 nitrogen and oxygen atoms in total. The van der Waals surface area contributed by atoms with E-state index >= 15 is 0 Å². The average molecular weight is 409 g/mol. The van der Waals surface area contributed by atoms with E-state index in [9.17, 15) is 4.79 Å². The molecular weight excluding hydrogens is 392 g/mol. The lowest BCUT2D eigenvalue weighted by Crippen LogP contribution is -2.12. The normalized spacial score (nSPS) is 12.6. The zero-order chi connectivity index (χ0) is 19.5. The molecule has 0 unspecified atom stereocenters. The number of thiazole rings is 1. The van der Waals surface area contributed by atoms with Crippen LogP contribution < -0.4 is 10.1 Å². The van der Waals surface area contributed by atoms with Gasteiger partial charge in [0.25, 0.3) is 5.91 Å². The van der Waals surface area contributed by atoms with Gasteiger partial charge in [-0.05, 0) is 42.8 Å². The Morgan fingerprint density at radius 3 is 2.86 bits per heavy atom. The maximum absolute atomic E-state index is 12.7. The van der Waals surface area contributed by atoms with Crippen molar-refractivity contribution in [3.8, 4) is 5.75 Å². The molecule has 1 N–H and O–H groups in total. The quantitative estimate of drug-likeness (QED) is 0.609. The molecule has 1 amide bonds. The molecule has 6 heteroatoms. The molecule has 140 valence electrons. The van der Waals surface area contributed by atoms with Gasteiger partial charge in [-0.15, -0.1) is 11.3 Å². The first-order chi connectivity index (χ1) is 13.6. The summed E-state index contributed by atoms with van der Waals surface area (Å²) >= 11 is 7.55. The molecule has 1 aliphatic rings. The van der Waals surface area contributed by atoms with Gasteiger partial charge in [0.2, 0.25) is 0 Å². The average Bonchev–Trinajstić information content (AvgIpc) is 2.89. The van der Waals surface area contributed by atoms with Gasteiger partial charge < -0.3 is 4.74 Å². The highest BCUT2D eigenvalue weighted by Crippen LogP contribution is 2.29. The summed E-state index contributed by atoms with van der Waals surface area (Å²) in [6.07, 6.45) is 5.68. The van der Waals surface area contributed by atoms with Crippen LogP contribution >= 0.6 is 22.9 Å². The third-order valence-electron chi connectivity index (χ3n) is 4.31. The van der Waals surface area contributed by atoms with Crippen molar-refractivity contribution in [2.45, 2.75) is 13.3 Å². The zero-order valence-electron chi connectivity index (χ0n) is 15.1. The lowest BCUT2D eigenvalue weighted by atomic mass is 10.1. The topological polar surface area (TPSA) is 51.2 Å². The molecule has 0 saturated heterocycles. The molecule has 0 aliphatic carbocycles. The number of benzene rings is 2. The number of aromatic nitrogens is 1. The van der Waals surface area contributed by atoms with Crippen LogP contribution in [0.1, 0.15) is 21.7 Å². The minimum Gasteiger partial charge on any atom is -0.464 e. The second kappa shape index (κ2) is 8.00. The van der Waals surface area contributed by atoms with E-state index in [1.165, 1.54) is 23.2 Å². The summed E-state index contributed by atoms with van der Waals surface area (Å²) in [7, 11) is 0. The summed E-state index contributed by atoms with van der Waals surface area (Å²) in [5.74, 6) is 0.409. The lowest BCUT2D eigenvalue weighted by molar-refractivity contribution is -0.112. The first-order valence-corrected chi connectivity index (χ1v) is 9.94. The van der Waals surface area contributed by atoms with Crippen LogP contribution in [-0.4, -0.2) is 10.9 Å². The Labute approximate surface area is 172 Å². The highest BCUT2D eigenvalue weighted by molar-refractivity contribution is 7.15. The third kappa shape index (κ3) is 4.16. The Balaban J connectivity index is 1.53. The van der Waals surface area contributed by atoms with Crippen LogP contribution in [0.3, 0.4) is 0 Å². The molecule has 1 aliphatic heterocycles. The number of rotatable bonds is 4. The van der Waals surface area contributed by atoms with Gasteiger partial charge in [0.1, 0.15) is 5.75 Å². The lowest BCUT2D eigenvalue weighted by Gasteiger charge is -2.04. The molecule has 0 radical (unpaired) electrons. The maximum Gasteiger partial charge on any atom is 0.257 e. The standard InChI is InChI=1S/C22H17ClN2O2S/c1-14-20(11-15-5-3-2-4-6-15)28-22(24-14)25-21(26)16-9-10-27-19-8-7-18(23)13-17(19)12-16/h2-10,12-13H,11H2,1H3,(H,24,25,26). The molecule has 1 aromatic heterocycles. The molecule has 3 aromatic rings. The number of hydrogen-bond donors (Lipinski definition) is 1. The number of amides is 1. The van der Waals surface area contributed by atoms with Crippen molar-refractivity contribution >= 4 is 40.1 Å². The highest BCUT2D eigenvalue weighted by atomic mass is 35.5. The molecule has 0 bridgehead atoms. The van der Waals surface area contributed by atoms with Gasteiger partial charge in [-0.2, -0.15) is 0 Å². The van der Waals surface area contributed by atoms with Gasteiger partial charge in [-0.1, -0.05) is 41.9 Å². The van der Waals surface area contributed by atoms with Crippen LogP contribution in [0.25, 0.3) is 6.08 Å². The number of fused-ring (bicyclic) bond motifs is 1. The predicted octanol–water partition coefficient (Wildman–Crippen LogP) is 5.62. The van der Waals surface area contributed by atoms with Crippen molar-refractivity contribution in [2.75, 3.05) is 5.32 Å². The van der Waals surface area contributed by atoms with Crippen molar-refractivity contribution < 1.29 is 9.53 Å². The molecule has 0 spiro atoms. The Morgan fingerprint density at radius 1 is 1.21 bits per heavy atom. The Morgan fingerprint density at radius 2 is 2.04 bits per heavy atom. The monoisotopic (exact) mass is 408 g/mol. The van der Waals surface area contributed by atoms with Crippen molar-refractivity contribution in [3.63, 3.8) is 0 Å². The van der Waals surface area contributed by atoms with E-state index in [0.717, 1.165) is 22.6 Å². The van der Waals surface area contributed by atoms with Crippen LogP contribution in [0.2, 0.25) is 5.02 Å². The number of carbonyl (C=O) groups is 1. The summed E-state index contributed by atoms with van der Waals surface area (Å²) in [5.41, 5.74) is 3.36. The van der Waals surface area contributed by atoms with E-state index in [4.69, 9.17) is 16.3 Å². The summed E-state index contributed by atoms with van der Waals surface area (Å²) in [5, 5.41) is 4.06. The molecular formula is C22H17ClN2O2S. The smallest absolute Gasteiger partial charge is 0.257 e. The SMILES string of the molecule is Cc1nc(NC(=O)C2=Cc3cc(Cl)ccc3OC=C2)sc1Cc1ccccc1. The molecule has 4 rings (SSSR count). The minimum atomic E-state index is -0.243. The Kier molecular flexibility index (Phi) is 5.28. The van der Waals surface area contributed by atoms with Crippen LogP contribution in [-0.2, 0) is 11.2 Å². The van der Waals surface area contributed by atoms with E-state index in [2.05, 4.69) is 22.4 Å². The number of hydrogen-bond acceptors (Lipinski definition) is 4. The van der Waals surface area contributed by atoms with Gasteiger partial charge in [-0.3, -0.25) is 10.1 Å². The fourth-order valence-electron chi connectivity index (χ4n) is 2.87. The molecule has 0 atom stereocenters. The number of halogens is 1. The Bertz CT molecular complexity index is 1090. The van der Waals surface area contributed by atoms with Gasteiger partial charge >= 0.3 is 0 Å². The summed E-state index contributed by atoms with van der Waals surface area (Å²) in [4.78, 5) is 18.4. The van der Waals surface area contributed by atoms with Crippen molar-refractivity contribution in [1.29, 1.82) is 0 Å². The predicted molar refractivity (Wildman–Crippen MR) is 114 cm³/mol. The number of nitrogens with zero attached hydrogens (tertiary/aromatic N) is 1. The zero-order valence-corrected chi connectivity index (χ0v) is 16.7. The van der Waals surface area contributed by atoms with E-state index in [1.54, 1.807) is 30.4 Å². The van der Waals surface area contributed by atoms with E-state index in [-0.39, 0.29) is 5.91 Å². The van der Waals surface area contributed by atoms with Crippen molar-refractivity contribution in [1.82, 2.24) is 4.98 Å². The summed E-state index contributed by atoms with van der Waals surface area (Å²) in [6.45, 7) is 1.96. The van der Waals surface area contributed by atoms with E-state index < -0.39 is 0 Å². The minimum absolute atomic E-state index is 0.243. The molecule has 0 fully saturated rings. The summed E-state index contributed by atoms with van der Waals surface area (Å²) < 4.78 is 5.54. The molecule has 2 heterocycles. The number of aryl methyl sites for hydroxylation is 1. The summed E-state index contributed by atoms with van der Waals surface area (Å²) in [6, 6.07) is 15.5. The maximum atomic E-state index is 12.7. The fourth-order valence-corrected chi connectivity index (χ4v) is 4.05. The van der Waals surface area contributed by atoms with Gasteiger partial charge in [-0.25, -0.2) is 4.98 Å². The fraction of sp³-hybridized carbons (Fsp3) is 0.0909. The van der Waals surface area contributed by atoms with E-state index in [0.29, 0.717) is 21.5 Å². The van der Waals surface area contributed by atoms with Crippen LogP contribution in [0.4, 0.5) is 5.13 Å². The number of anilines is 1.